The van der Waals surface area contributed by atoms with Crippen LogP contribution in [0.3, 0.4) is 0 Å². The van der Waals surface area contributed by atoms with Gasteiger partial charge in [-0.1, -0.05) is 18.2 Å². The second-order valence-corrected chi connectivity index (χ2v) is 9.71. The smallest absolute Gasteiger partial charge is 0.289 e. The molecule has 4 rings (SSSR count). The van der Waals surface area contributed by atoms with Crippen molar-refractivity contribution in [2.75, 3.05) is 25.1 Å². The normalized spacial score (nSPS) is 14.5. The molecule has 1 aromatic carbocycles. The minimum absolute atomic E-state index is 0.0738. The van der Waals surface area contributed by atoms with Gasteiger partial charge in [-0.2, -0.15) is 0 Å². The van der Waals surface area contributed by atoms with Crippen molar-refractivity contribution in [1.82, 2.24) is 20.3 Å². The number of nitrogens with one attached hydrogen (secondary N) is 1. The van der Waals surface area contributed by atoms with Crippen molar-refractivity contribution >= 4 is 40.2 Å². The highest BCUT2D eigenvalue weighted by molar-refractivity contribution is 7.13. The SMILES string of the molecule is Cc1nc(C)c(C(=O)N2CCC(c3nc(C(=O)NN(C)c4ccccc4)cs3)CC2)s1. The van der Waals surface area contributed by atoms with Crippen molar-refractivity contribution in [1.29, 1.82) is 0 Å². The lowest BCUT2D eigenvalue weighted by molar-refractivity contribution is 0.0717. The van der Waals surface area contributed by atoms with Crippen molar-refractivity contribution in [3.05, 3.63) is 62.0 Å². The van der Waals surface area contributed by atoms with Gasteiger partial charge in [0.05, 0.1) is 21.4 Å². The quantitative estimate of drug-likeness (QED) is 0.588. The Labute approximate surface area is 189 Å². The van der Waals surface area contributed by atoms with E-state index in [1.165, 1.54) is 22.7 Å². The average molecular weight is 456 g/mol. The highest BCUT2D eigenvalue weighted by Crippen LogP contribution is 2.31. The predicted octanol–water partition coefficient (Wildman–Crippen LogP) is 4.02. The van der Waals surface area contributed by atoms with E-state index < -0.39 is 0 Å². The lowest BCUT2D eigenvalue weighted by Gasteiger charge is -2.30. The molecule has 1 aliphatic rings. The zero-order valence-electron chi connectivity index (χ0n) is 17.8. The molecule has 1 N–H and O–H groups in total. The van der Waals surface area contributed by atoms with E-state index in [1.54, 1.807) is 12.1 Å². The Morgan fingerprint density at radius 1 is 1.13 bits per heavy atom. The van der Waals surface area contributed by atoms with Crippen molar-refractivity contribution in [3.8, 4) is 0 Å². The monoisotopic (exact) mass is 455 g/mol. The molecule has 0 bridgehead atoms. The van der Waals surface area contributed by atoms with Crippen LogP contribution in [0.15, 0.2) is 35.7 Å². The lowest BCUT2D eigenvalue weighted by Crippen LogP contribution is -2.39. The first-order valence-electron chi connectivity index (χ1n) is 10.2. The van der Waals surface area contributed by atoms with E-state index in [1.807, 2.05) is 54.5 Å². The number of nitrogens with zero attached hydrogens (tertiary/aromatic N) is 4. The minimum Gasteiger partial charge on any atom is -0.338 e. The third-order valence-corrected chi connectivity index (χ3v) is 7.46. The molecule has 1 saturated heterocycles. The third kappa shape index (κ3) is 4.77. The van der Waals surface area contributed by atoms with Gasteiger partial charge in [0.15, 0.2) is 0 Å². The molecule has 2 aromatic heterocycles. The van der Waals surface area contributed by atoms with E-state index in [4.69, 9.17) is 0 Å². The number of hydrogen-bond donors (Lipinski definition) is 1. The number of para-hydroxylation sites is 1. The van der Waals surface area contributed by atoms with Crippen LogP contribution in [0.25, 0.3) is 0 Å². The maximum atomic E-state index is 12.8. The van der Waals surface area contributed by atoms with Gasteiger partial charge >= 0.3 is 0 Å². The predicted molar refractivity (Wildman–Crippen MR) is 124 cm³/mol. The molecule has 9 heteroatoms. The summed E-state index contributed by atoms with van der Waals surface area (Å²) >= 11 is 2.98. The van der Waals surface area contributed by atoms with E-state index in [9.17, 15) is 9.59 Å². The number of amides is 2. The molecule has 0 spiro atoms. The molecule has 162 valence electrons. The average Bonchev–Trinajstić information content (AvgIpc) is 3.40. The minimum atomic E-state index is -0.225. The Morgan fingerprint density at radius 2 is 1.84 bits per heavy atom. The fourth-order valence-corrected chi connectivity index (χ4v) is 5.57. The highest BCUT2D eigenvalue weighted by Gasteiger charge is 2.28. The molecule has 3 aromatic rings. The maximum Gasteiger partial charge on any atom is 0.289 e. The second-order valence-electron chi connectivity index (χ2n) is 7.62. The number of aryl methyl sites for hydroxylation is 2. The fraction of sp³-hybridized carbons (Fsp3) is 0.364. The van der Waals surface area contributed by atoms with Crippen LogP contribution in [-0.2, 0) is 0 Å². The van der Waals surface area contributed by atoms with Crippen LogP contribution >= 0.6 is 22.7 Å². The number of hydrogen-bond acceptors (Lipinski definition) is 7. The summed E-state index contributed by atoms with van der Waals surface area (Å²) in [5.74, 6) is 0.119. The molecule has 1 aliphatic heterocycles. The number of carbonyl (C=O) groups is 2. The number of thiazole rings is 2. The Morgan fingerprint density at radius 3 is 2.48 bits per heavy atom. The number of benzene rings is 1. The number of piperidine rings is 1. The van der Waals surface area contributed by atoms with Crippen LogP contribution in [0, 0.1) is 13.8 Å². The molecule has 1 fully saturated rings. The van der Waals surface area contributed by atoms with Crippen molar-refractivity contribution < 1.29 is 9.59 Å². The fourth-order valence-electron chi connectivity index (χ4n) is 3.71. The number of carbonyl (C=O) groups excluding carboxylic acids is 2. The van der Waals surface area contributed by atoms with Gasteiger partial charge in [-0.15, -0.1) is 22.7 Å². The summed E-state index contributed by atoms with van der Waals surface area (Å²) in [6.07, 6.45) is 1.70. The van der Waals surface area contributed by atoms with E-state index >= 15 is 0 Å². The second kappa shape index (κ2) is 9.15. The van der Waals surface area contributed by atoms with Crippen LogP contribution in [0.1, 0.15) is 54.6 Å². The van der Waals surface area contributed by atoms with Crippen LogP contribution in [0.5, 0.6) is 0 Å². The molecular formula is C22H25N5O2S2. The van der Waals surface area contributed by atoms with E-state index in [2.05, 4.69) is 15.4 Å². The van der Waals surface area contributed by atoms with E-state index in [0.29, 0.717) is 18.8 Å². The largest absolute Gasteiger partial charge is 0.338 e. The molecule has 0 radical (unpaired) electrons. The number of hydrazine groups is 1. The molecule has 0 aliphatic carbocycles. The first kappa shape index (κ1) is 21.5. The Balaban J connectivity index is 1.34. The number of rotatable bonds is 5. The summed E-state index contributed by atoms with van der Waals surface area (Å²) in [7, 11) is 1.81. The van der Waals surface area contributed by atoms with E-state index in [-0.39, 0.29) is 17.7 Å². The van der Waals surface area contributed by atoms with Crippen LogP contribution < -0.4 is 10.4 Å². The van der Waals surface area contributed by atoms with Crippen molar-refractivity contribution in [2.24, 2.45) is 0 Å². The van der Waals surface area contributed by atoms with Gasteiger partial charge in [-0.3, -0.25) is 20.0 Å². The van der Waals surface area contributed by atoms with Crippen molar-refractivity contribution in [2.45, 2.75) is 32.6 Å². The van der Waals surface area contributed by atoms with Crippen LogP contribution in [0.2, 0.25) is 0 Å². The summed E-state index contributed by atoms with van der Waals surface area (Å²) in [4.78, 5) is 37.0. The summed E-state index contributed by atoms with van der Waals surface area (Å²) in [5, 5.41) is 5.38. The van der Waals surface area contributed by atoms with Crippen LogP contribution in [-0.4, -0.2) is 46.8 Å². The topological polar surface area (TPSA) is 78.4 Å². The van der Waals surface area contributed by atoms with Crippen LogP contribution in [0.4, 0.5) is 5.69 Å². The highest BCUT2D eigenvalue weighted by atomic mass is 32.1. The van der Waals surface area contributed by atoms with Gasteiger partial charge in [0.2, 0.25) is 0 Å². The zero-order chi connectivity index (χ0) is 22.0. The molecule has 3 heterocycles. The van der Waals surface area contributed by atoms with Gasteiger partial charge in [-0.25, -0.2) is 9.97 Å². The Kier molecular flexibility index (Phi) is 6.33. The Bertz CT molecular complexity index is 1070. The molecule has 7 nitrogen and oxygen atoms in total. The molecular weight excluding hydrogens is 430 g/mol. The molecule has 0 atom stereocenters. The summed E-state index contributed by atoms with van der Waals surface area (Å²) in [5.41, 5.74) is 4.99. The molecule has 0 saturated carbocycles. The molecule has 0 unspecified atom stereocenters. The number of likely N-dealkylation sites (tertiary alicyclic amines) is 1. The first-order valence-corrected chi connectivity index (χ1v) is 11.9. The lowest BCUT2D eigenvalue weighted by atomic mass is 9.97. The Hall–Kier alpha value is -2.78. The first-order chi connectivity index (χ1) is 14.9. The standard InChI is InChI=1S/C22H25N5O2S2/c1-14-19(31-15(2)23-14)22(29)27-11-9-16(10-12-27)21-24-18(13-30-21)20(28)25-26(3)17-7-5-4-6-8-17/h4-8,13,16H,9-12H2,1-3H3,(H,25,28). The summed E-state index contributed by atoms with van der Waals surface area (Å²) in [6, 6.07) is 9.64. The van der Waals surface area contributed by atoms with Gasteiger partial charge in [-0.05, 0) is 38.8 Å². The molecule has 2 amide bonds. The third-order valence-electron chi connectivity index (χ3n) is 5.40. The molecule has 31 heavy (non-hydrogen) atoms. The van der Waals surface area contributed by atoms with Gasteiger partial charge in [0.1, 0.15) is 10.6 Å². The van der Waals surface area contributed by atoms with Crippen molar-refractivity contribution in [3.63, 3.8) is 0 Å². The maximum absolute atomic E-state index is 12.8. The zero-order valence-corrected chi connectivity index (χ0v) is 19.4. The van der Waals surface area contributed by atoms with E-state index in [0.717, 1.165) is 39.1 Å². The van der Waals surface area contributed by atoms with Gasteiger partial charge in [0, 0.05) is 31.4 Å². The number of anilines is 1. The summed E-state index contributed by atoms with van der Waals surface area (Å²) in [6.45, 7) is 5.20. The van der Waals surface area contributed by atoms with Gasteiger partial charge in [0.25, 0.3) is 11.8 Å². The summed E-state index contributed by atoms with van der Waals surface area (Å²) < 4.78 is 0. The number of aromatic nitrogens is 2. The van der Waals surface area contributed by atoms with Gasteiger partial charge < -0.3 is 4.90 Å².